The molecule has 26 N–H and O–H groups in total. The van der Waals surface area contributed by atoms with Crippen molar-refractivity contribution in [3.63, 3.8) is 0 Å². The van der Waals surface area contributed by atoms with Crippen molar-refractivity contribution >= 4 is 130 Å². The third-order valence-electron chi connectivity index (χ3n) is 21.4. The summed E-state index contributed by atoms with van der Waals surface area (Å²) in [6.07, 6.45) is -1.68. The first kappa shape index (κ1) is 118. The second-order valence-corrected chi connectivity index (χ2v) is 39.9. The Balaban J connectivity index is 3.29. The highest BCUT2D eigenvalue weighted by atomic mass is 16.3. The van der Waals surface area contributed by atoms with Crippen LogP contribution in [0.4, 0.5) is 0 Å². The second kappa shape index (κ2) is 49.1. The summed E-state index contributed by atoms with van der Waals surface area (Å²) in [6, 6.07) is -13.8. The molecule has 0 unspecified atom stereocenters. The standard InChI is InChI=1S/C86H150N22O24/c1-42(2)38-48(40-109)91-61(116)49(31-34-55(87)112)92-62(117)50(32-35-56(88)113)94-70(125)79(13,14)105-75(130)84(23,24)102-67(122)59(45(7)8)98-66(121)54-30-29-37-108(54)77(132)86(27,28)103-68(123)58(44(5)6)97-64(119)53(41-110)96-72(127)81(17,18)106-76(131)85(25,26)107-74(129)83(21,22)101-65(120)51(33-36-57(89)114)93-63(118)52(39-43(3)4)95-71(126)80(15,16)104-73(128)82(19,20)100-60(115)46(9)90-69(124)78(11,12)99-47(10)111/h42-46,48-54,58-59,109-110H,29-41H2,1-28H3,(H2,87,112)(H2,88,113)(H2,89,114)(H,90,124)(H,91,116)(H,92,117)(H,93,118)(H,94,125)(H,95,126)(H,96,127)(H,97,119)(H,98,121)(H,99,111)(H,100,115)(H,101,120)(H,102,122)(H,103,123)(H,104,128)(H,105,130)(H,106,131)(H,107,129)/t46-,48-,49-,50-,51-,52-,53-,54-,58-,59-/m0/s1. The number of likely N-dealkylation sites (tertiary alicyclic amines) is 1. The van der Waals surface area contributed by atoms with Gasteiger partial charge in [-0.1, -0.05) is 55.4 Å². The molecule has 22 amide bonds. The molecule has 10 atom stereocenters. The SMILES string of the molecule is CC(=O)NC(C)(C)C(=O)N[C@@H](C)C(=O)NC(C)(C)C(=O)NC(C)(C)C(=O)N[C@@H](CC(C)C)C(=O)N[C@@H](CCC(N)=O)C(=O)NC(C)(C)C(=O)NC(C)(C)C(=O)NC(C)(C)C(=O)N[C@@H](CO)C(=O)N[C@H](C(=O)NC(C)(C)C(=O)N1CCC[C@H]1C(=O)N[C@H](C(=O)NC(C)(C)C(=O)NC(C)(C)C(=O)N[C@@H](CCC(N)=O)C(=O)N[C@@H](CCC(N)=O)C(=O)N[C@H](CO)CC(C)C)C(C)C)C(C)C. The zero-order chi connectivity index (χ0) is 103. The van der Waals surface area contributed by atoms with E-state index in [0.717, 1.165) is 0 Å². The average molecular weight is 1880 g/mol. The zero-order valence-electron chi connectivity index (χ0n) is 81.8. The van der Waals surface area contributed by atoms with Gasteiger partial charge in [-0.2, -0.15) is 0 Å². The number of hydrogen-bond donors (Lipinski definition) is 23. The third kappa shape index (κ3) is 37.5. The summed E-state index contributed by atoms with van der Waals surface area (Å²) in [4.78, 5) is 300. The van der Waals surface area contributed by atoms with Crippen molar-refractivity contribution < 1.29 is 116 Å². The largest absolute Gasteiger partial charge is 0.394 e. The average Bonchev–Trinajstić information content (AvgIpc) is 1.57. The molecular formula is C86H150N22O24. The van der Waals surface area contributed by atoms with Crippen molar-refractivity contribution in [2.75, 3.05) is 19.8 Å². The summed E-state index contributed by atoms with van der Waals surface area (Å²) in [7, 11) is 0. The normalized spacial score (nSPS) is 15.5. The minimum Gasteiger partial charge on any atom is -0.394 e. The Hall–Kier alpha value is -11.7. The van der Waals surface area contributed by atoms with Crippen molar-refractivity contribution in [1.82, 2.24) is 101 Å². The van der Waals surface area contributed by atoms with Crippen molar-refractivity contribution in [3.8, 4) is 0 Å². The quantitative estimate of drug-likeness (QED) is 0.0270. The Morgan fingerprint density at radius 1 is 0.318 bits per heavy atom. The Kier molecular flexibility index (Phi) is 44.0. The fourth-order valence-corrected chi connectivity index (χ4v) is 13.1. The number of nitrogens with zero attached hydrogens (tertiary/aromatic N) is 1. The van der Waals surface area contributed by atoms with E-state index >= 15 is 0 Å². The number of aliphatic hydroxyl groups excluding tert-OH is 2. The Morgan fingerprint density at radius 3 is 0.992 bits per heavy atom. The molecular weight excluding hydrogens is 1730 g/mol. The molecule has 0 radical (unpaired) electrons. The summed E-state index contributed by atoms with van der Waals surface area (Å²) in [5, 5.41) is 65.9. The van der Waals surface area contributed by atoms with Crippen LogP contribution in [0.15, 0.2) is 0 Å². The van der Waals surface area contributed by atoms with Crippen LogP contribution >= 0.6 is 0 Å². The highest BCUT2D eigenvalue weighted by Crippen LogP contribution is 2.25. The van der Waals surface area contributed by atoms with E-state index in [2.05, 4.69) is 95.7 Å². The number of carbonyl (C=O) groups is 22. The van der Waals surface area contributed by atoms with E-state index in [0.29, 0.717) is 6.42 Å². The predicted octanol–water partition coefficient (Wildman–Crippen LogP) is -5.38. The number of nitrogens with two attached hydrogens (primary N) is 3. The van der Waals surface area contributed by atoms with E-state index in [4.69, 9.17) is 17.2 Å². The minimum absolute atomic E-state index is 0.00230. The first-order valence-corrected chi connectivity index (χ1v) is 44.0. The van der Waals surface area contributed by atoms with Crippen molar-refractivity contribution in [3.05, 3.63) is 0 Å². The fraction of sp³-hybridized carbons (Fsp3) is 0.744. The highest BCUT2D eigenvalue weighted by Gasteiger charge is 2.49. The molecule has 1 fully saturated rings. The Bertz CT molecular complexity index is 4250. The number of amides is 22. The maximum atomic E-state index is 14.6. The summed E-state index contributed by atoms with van der Waals surface area (Å²) in [5.74, 6) is -21.2. The van der Waals surface area contributed by atoms with E-state index in [9.17, 15) is 116 Å². The molecule has 1 saturated heterocycles. The molecule has 0 aliphatic carbocycles. The van der Waals surface area contributed by atoms with Gasteiger partial charge in [0.1, 0.15) is 104 Å². The molecule has 132 heavy (non-hydrogen) atoms. The molecule has 1 aliphatic heterocycles. The first-order valence-electron chi connectivity index (χ1n) is 44.0. The van der Waals surface area contributed by atoms with Crippen LogP contribution < -0.4 is 113 Å². The zero-order valence-corrected chi connectivity index (χ0v) is 81.8. The van der Waals surface area contributed by atoms with Crippen molar-refractivity contribution in [1.29, 1.82) is 0 Å². The maximum Gasteiger partial charge on any atom is 0.248 e. The maximum absolute atomic E-state index is 14.6. The van der Waals surface area contributed by atoms with Gasteiger partial charge >= 0.3 is 0 Å². The first-order chi connectivity index (χ1) is 60.0. The van der Waals surface area contributed by atoms with Crippen LogP contribution in [0, 0.1) is 23.7 Å². The molecule has 0 bridgehead atoms. The van der Waals surface area contributed by atoms with Gasteiger partial charge in [0.05, 0.1) is 19.3 Å². The smallest absolute Gasteiger partial charge is 0.248 e. The van der Waals surface area contributed by atoms with Gasteiger partial charge in [-0.25, -0.2) is 0 Å². The highest BCUT2D eigenvalue weighted by molar-refractivity contribution is 6.05. The molecule has 1 heterocycles. The van der Waals surface area contributed by atoms with Crippen LogP contribution in [0.1, 0.15) is 258 Å². The van der Waals surface area contributed by atoms with Crippen LogP contribution in [0.3, 0.4) is 0 Å². The van der Waals surface area contributed by atoms with Gasteiger partial charge in [0, 0.05) is 32.7 Å². The van der Waals surface area contributed by atoms with E-state index in [1.54, 1.807) is 27.7 Å². The topological polar surface area (TPSA) is 714 Å². The summed E-state index contributed by atoms with van der Waals surface area (Å²) in [5.41, 5.74) is -0.0977. The van der Waals surface area contributed by atoms with E-state index in [1.165, 1.54) is 157 Å². The number of rotatable bonds is 53. The lowest BCUT2D eigenvalue weighted by Crippen LogP contribution is -2.68. The Labute approximate surface area is 772 Å². The van der Waals surface area contributed by atoms with Crippen molar-refractivity contribution in [2.45, 2.75) is 368 Å². The molecule has 0 spiro atoms. The third-order valence-corrected chi connectivity index (χ3v) is 21.4. The molecule has 0 aromatic carbocycles. The lowest BCUT2D eigenvalue weighted by Gasteiger charge is -2.36. The van der Waals surface area contributed by atoms with Crippen molar-refractivity contribution in [2.24, 2.45) is 40.9 Å². The fourth-order valence-electron chi connectivity index (χ4n) is 13.1. The molecule has 0 aromatic heterocycles. The van der Waals surface area contributed by atoms with Gasteiger partial charge in [0.25, 0.3) is 0 Å². The number of aliphatic hydroxyl groups is 2. The van der Waals surface area contributed by atoms with E-state index in [-0.39, 0.29) is 56.9 Å². The molecule has 748 valence electrons. The number of primary amides is 3. The second-order valence-electron chi connectivity index (χ2n) is 39.9. The minimum atomic E-state index is -1.96. The van der Waals surface area contributed by atoms with Crippen LogP contribution in [-0.4, -0.2) is 275 Å². The van der Waals surface area contributed by atoms with E-state index in [1.807, 2.05) is 13.8 Å². The number of hydrogen-bond acceptors (Lipinski definition) is 24. The number of carbonyl (C=O) groups excluding carboxylic acids is 22. The predicted molar refractivity (Wildman–Crippen MR) is 481 cm³/mol. The lowest BCUT2D eigenvalue weighted by molar-refractivity contribution is -0.146. The van der Waals surface area contributed by atoms with Gasteiger partial charge in [0.2, 0.25) is 130 Å². The van der Waals surface area contributed by atoms with Crippen LogP contribution in [-0.2, 0) is 105 Å². The van der Waals surface area contributed by atoms with Gasteiger partial charge in [0.15, 0.2) is 0 Å². The lowest BCUT2D eigenvalue weighted by atomic mass is 9.95. The van der Waals surface area contributed by atoms with Crippen LogP contribution in [0.5, 0.6) is 0 Å². The summed E-state index contributed by atoms with van der Waals surface area (Å²) < 4.78 is 0. The van der Waals surface area contributed by atoms with Gasteiger partial charge < -0.3 is 128 Å². The van der Waals surface area contributed by atoms with E-state index < -0.39 is 285 Å². The van der Waals surface area contributed by atoms with Gasteiger partial charge in [-0.05, 0) is 200 Å². The van der Waals surface area contributed by atoms with Gasteiger partial charge in [-0.15, -0.1) is 0 Å². The monoisotopic (exact) mass is 1880 g/mol. The summed E-state index contributed by atoms with van der Waals surface area (Å²) >= 11 is 0. The van der Waals surface area contributed by atoms with Crippen LogP contribution in [0.2, 0.25) is 0 Å². The van der Waals surface area contributed by atoms with Crippen LogP contribution in [0.25, 0.3) is 0 Å². The molecule has 1 rings (SSSR count). The molecule has 46 nitrogen and oxygen atoms in total. The molecule has 0 saturated carbocycles. The van der Waals surface area contributed by atoms with Gasteiger partial charge in [-0.3, -0.25) is 105 Å². The Morgan fingerprint density at radius 2 is 0.621 bits per heavy atom. The molecule has 46 heteroatoms. The molecule has 1 aliphatic rings. The molecule has 0 aromatic rings. The summed E-state index contributed by atoms with van der Waals surface area (Å²) in [6.45, 7) is 37.8. The number of nitrogens with one attached hydrogen (secondary N) is 18.